The van der Waals surface area contributed by atoms with Crippen molar-refractivity contribution >= 4 is 5.69 Å². The lowest BCUT2D eigenvalue weighted by Crippen LogP contribution is -2.06. The minimum absolute atomic E-state index is 0.501. The van der Waals surface area contributed by atoms with E-state index in [0.29, 0.717) is 12.5 Å². The molecular formula is C16H17NO2. The Morgan fingerprint density at radius 2 is 2.11 bits per heavy atom. The second kappa shape index (κ2) is 4.84. The molecule has 19 heavy (non-hydrogen) atoms. The summed E-state index contributed by atoms with van der Waals surface area (Å²) in [6.45, 7) is 2.84. The van der Waals surface area contributed by atoms with Crippen molar-refractivity contribution in [3.05, 3.63) is 59.6 Å². The van der Waals surface area contributed by atoms with Crippen LogP contribution in [0.2, 0.25) is 0 Å². The van der Waals surface area contributed by atoms with Crippen molar-refractivity contribution in [2.24, 2.45) is 5.92 Å². The molecule has 0 saturated carbocycles. The highest BCUT2D eigenvalue weighted by atomic mass is 16.5. The number of hydrogen-bond acceptors (Lipinski definition) is 3. The number of ether oxygens (including phenoxy) is 2. The van der Waals surface area contributed by atoms with Crippen LogP contribution in [0, 0.1) is 5.92 Å². The summed E-state index contributed by atoms with van der Waals surface area (Å²) in [5.74, 6) is 1.35. The van der Waals surface area contributed by atoms with Crippen molar-refractivity contribution in [2.45, 2.75) is 13.3 Å². The van der Waals surface area contributed by atoms with Gasteiger partial charge in [0.25, 0.3) is 0 Å². The normalized spacial score (nSPS) is 20.9. The van der Waals surface area contributed by atoms with Gasteiger partial charge in [0, 0.05) is 5.69 Å². The van der Waals surface area contributed by atoms with Gasteiger partial charge in [-0.05, 0) is 59.4 Å². The Morgan fingerprint density at radius 1 is 1.32 bits per heavy atom. The highest BCUT2D eigenvalue weighted by Crippen LogP contribution is 2.38. The Labute approximate surface area is 113 Å². The second-order valence-corrected chi connectivity index (χ2v) is 4.98. The first-order chi connectivity index (χ1) is 9.24. The maximum absolute atomic E-state index is 5.85. The lowest BCUT2D eigenvalue weighted by atomic mass is 10.0. The molecule has 1 aromatic rings. The molecule has 0 fully saturated rings. The van der Waals surface area contributed by atoms with Crippen LogP contribution >= 0.6 is 0 Å². The van der Waals surface area contributed by atoms with E-state index in [1.807, 2.05) is 36.6 Å². The summed E-state index contributed by atoms with van der Waals surface area (Å²) in [7, 11) is 0. The molecule has 0 bridgehead atoms. The Kier molecular flexibility index (Phi) is 3.03. The summed E-state index contributed by atoms with van der Waals surface area (Å²) >= 11 is 0. The van der Waals surface area contributed by atoms with Crippen LogP contribution in [-0.4, -0.2) is 6.61 Å². The van der Waals surface area contributed by atoms with E-state index >= 15 is 0 Å². The standard InChI is InChI=1S/C16H17NO2/c1-11-8-12-9-18-7-6-15(12)16(11)10-19-14-4-2-13(17)3-5-14/h2-7,9,11H,8,10,17H2,1H3. The van der Waals surface area contributed by atoms with E-state index < -0.39 is 0 Å². The lowest BCUT2D eigenvalue weighted by Gasteiger charge is -2.12. The second-order valence-electron chi connectivity index (χ2n) is 4.98. The minimum Gasteiger partial charge on any atom is -0.489 e. The SMILES string of the molecule is CC1CC2=COC=CC2=C1COc1ccc(N)cc1. The molecule has 1 aliphatic carbocycles. The number of nitrogens with two attached hydrogens (primary N) is 1. The number of rotatable bonds is 3. The molecule has 0 amide bonds. The van der Waals surface area contributed by atoms with Gasteiger partial charge in [0.05, 0.1) is 12.5 Å². The first-order valence-electron chi connectivity index (χ1n) is 6.47. The number of hydrogen-bond donors (Lipinski definition) is 1. The molecular weight excluding hydrogens is 238 g/mol. The summed E-state index contributed by atoms with van der Waals surface area (Å²) in [4.78, 5) is 0. The van der Waals surface area contributed by atoms with Crippen molar-refractivity contribution in [1.29, 1.82) is 0 Å². The van der Waals surface area contributed by atoms with Crippen molar-refractivity contribution in [3.63, 3.8) is 0 Å². The molecule has 0 radical (unpaired) electrons. The third-order valence-electron chi connectivity index (χ3n) is 3.61. The monoisotopic (exact) mass is 255 g/mol. The van der Waals surface area contributed by atoms with E-state index in [1.54, 1.807) is 6.26 Å². The summed E-state index contributed by atoms with van der Waals surface area (Å²) < 4.78 is 11.1. The topological polar surface area (TPSA) is 44.5 Å². The van der Waals surface area contributed by atoms with Crippen LogP contribution in [0.5, 0.6) is 5.75 Å². The van der Waals surface area contributed by atoms with E-state index in [4.69, 9.17) is 15.2 Å². The van der Waals surface area contributed by atoms with Crippen LogP contribution in [-0.2, 0) is 4.74 Å². The van der Waals surface area contributed by atoms with Crippen LogP contribution in [0.15, 0.2) is 59.6 Å². The summed E-state index contributed by atoms with van der Waals surface area (Å²) in [5.41, 5.74) is 10.3. The first-order valence-corrected chi connectivity index (χ1v) is 6.47. The highest BCUT2D eigenvalue weighted by molar-refractivity contribution is 5.50. The minimum atomic E-state index is 0.501. The van der Waals surface area contributed by atoms with Gasteiger partial charge in [0.2, 0.25) is 0 Å². The predicted octanol–water partition coefficient (Wildman–Crippen LogP) is 3.41. The van der Waals surface area contributed by atoms with Crippen LogP contribution in [0.3, 0.4) is 0 Å². The van der Waals surface area contributed by atoms with E-state index in [0.717, 1.165) is 17.9 Å². The first kappa shape index (κ1) is 11.9. The third-order valence-corrected chi connectivity index (χ3v) is 3.61. The zero-order valence-electron chi connectivity index (χ0n) is 10.9. The summed E-state index contributed by atoms with van der Waals surface area (Å²) in [5, 5.41) is 0. The molecule has 3 rings (SSSR count). The smallest absolute Gasteiger partial charge is 0.119 e. The molecule has 1 aliphatic heterocycles. The predicted molar refractivity (Wildman–Crippen MR) is 75.5 cm³/mol. The van der Waals surface area contributed by atoms with E-state index in [9.17, 15) is 0 Å². The molecule has 2 N–H and O–H groups in total. The fraction of sp³-hybridized carbons (Fsp3) is 0.250. The number of allylic oxidation sites excluding steroid dienone is 3. The number of benzene rings is 1. The van der Waals surface area contributed by atoms with Crippen molar-refractivity contribution in [2.75, 3.05) is 12.3 Å². The Morgan fingerprint density at radius 3 is 2.89 bits per heavy atom. The van der Waals surface area contributed by atoms with Gasteiger partial charge in [-0.1, -0.05) is 6.92 Å². The lowest BCUT2D eigenvalue weighted by molar-refractivity contribution is 0.339. The van der Waals surface area contributed by atoms with E-state index in [1.165, 1.54) is 16.7 Å². The molecule has 2 aliphatic rings. The average molecular weight is 255 g/mol. The number of fused-ring (bicyclic) bond motifs is 1. The molecule has 1 heterocycles. The van der Waals surface area contributed by atoms with Gasteiger partial charge in [-0.25, -0.2) is 0 Å². The highest BCUT2D eigenvalue weighted by Gasteiger charge is 2.26. The zero-order chi connectivity index (χ0) is 13.2. The molecule has 1 unspecified atom stereocenters. The largest absolute Gasteiger partial charge is 0.489 e. The Hall–Kier alpha value is -2.16. The molecule has 1 atom stereocenters. The van der Waals surface area contributed by atoms with Gasteiger partial charge in [-0.3, -0.25) is 0 Å². The molecule has 3 heteroatoms. The molecule has 1 aromatic carbocycles. The van der Waals surface area contributed by atoms with Crippen LogP contribution < -0.4 is 10.5 Å². The summed E-state index contributed by atoms with van der Waals surface area (Å²) in [6.07, 6.45) is 6.61. The Balaban J connectivity index is 1.75. The quantitative estimate of drug-likeness (QED) is 0.842. The molecule has 3 nitrogen and oxygen atoms in total. The van der Waals surface area contributed by atoms with E-state index in [-0.39, 0.29) is 0 Å². The van der Waals surface area contributed by atoms with Gasteiger partial charge >= 0.3 is 0 Å². The van der Waals surface area contributed by atoms with Crippen molar-refractivity contribution in [1.82, 2.24) is 0 Å². The maximum atomic E-state index is 5.85. The van der Waals surface area contributed by atoms with Gasteiger partial charge < -0.3 is 15.2 Å². The number of nitrogen functional groups attached to an aromatic ring is 1. The summed E-state index contributed by atoms with van der Waals surface area (Å²) in [6, 6.07) is 7.50. The molecule has 0 saturated heterocycles. The van der Waals surface area contributed by atoms with Gasteiger partial charge in [-0.15, -0.1) is 0 Å². The zero-order valence-corrected chi connectivity index (χ0v) is 10.9. The van der Waals surface area contributed by atoms with Crippen LogP contribution in [0.1, 0.15) is 13.3 Å². The van der Waals surface area contributed by atoms with Crippen LogP contribution in [0.4, 0.5) is 5.69 Å². The fourth-order valence-electron chi connectivity index (χ4n) is 2.53. The van der Waals surface area contributed by atoms with Gasteiger partial charge in [-0.2, -0.15) is 0 Å². The fourth-order valence-corrected chi connectivity index (χ4v) is 2.53. The average Bonchev–Trinajstić information content (AvgIpc) is 2.74. The van der Waals surface area contributed by atoms with Gasteiger partial charge in [0.15, 0.2) is 0 Å². The molecule has 0 spiro atoms. The molecule has 98 valence electrons. The van der Waals surface area contributed by atoms with Crippen molar-refractivity contribution < 1.29 is 9.47 Å². The van der Waals surface area contributed by atoms with Crippen molar-refractivity contribution in [3.8, 4) is 5.75 Å². The number of anilines is 1. The van der Waals surface area contributed by atoms with Crippen LogP contribution in [0.25, 0.3) is 0 Å². The Bertz CT molecular complexity index is 567. The van der Waals surface area contributed by atoms with E-state index in [2.05, 4.69) is 6.92 Å². The van der Waals surface area contributed by atoms with Gasteiger partial charge in [0.1, 0.15) is 12.4 Å². The third kappa shape index (κ3) is 2.36. The maximum Gasteiger partial charge on any atom is 0.119 e. The molecule has 0 aromatic heterocycles.